The van der Waals surface area contributed by atoms with Crippen LogP contribution in [0.1, 0.15) is 18.4 Å². The molecule has 1 N–H and O–H groups in total. The third kappa shape index (κ3) is 2.45. The molecule has 13 heavy (non-hydrogen) atoms. The summed E-state index contributed by atoms with van der Waals surface area (Å²) in [7, 11) is 0. The average molecular weight is 264 g/mol. The monoisotopic (exact) mass is 262 g/mol. The molecule has 4 heteroatoms. The third-order valence-electron chi connectivity index (χ3n) is 1.81. The van der Waals surface area contributed by atoms with E-state index in [0.717, 1.165) is 10.0 Å². The standard InChI is InChI=1S/C9H8BrClO2/c1-5(9(12)13)6-2-3-8(11)7(10)4-6/h2-5H,1H3,(H,12,13). The summed E-state index contributed by atoms with van der Waals surface area (Å²) in [6.07, 6.45) is 0. The van der Waals surface area contributed by atoms with E-state index in [9.17, 15) is 4.79 Å². The number of hydrogen-bond acceptors (Lipinski definition) is 1. The van der Waals surface area contributed by atoms with Gasteiger partial charge in [-0.2, -0.15) is 0 Å². The molecule has 1 rings (SSSR count). The molecule has 1 unspecified atom stereocenters. The number of aliphatic carboxylic acids is 1. The zero-order chi connectivity index (χ0) is 10.0. The van der Waals surface area contributed by atoms with Crippen molar-refractivity contribution in [3.63, 3.8) is 0 Å². The largest absolute Gasteiger partial charge is 0.481 e. The van der Waals surface area contributed by atoms with Crippen molar-refractivity contribution in [1.29, 1.82) is 0 Å². The quantitative estimate of drug-likeness (QED) is 0.889. The summed E-state index contributed by atoms with van der Waals surface area (Å²) in [6, 6.07) is 5.12. The topological polar surface area (TPSA) is 37.3 Å². The molecule has 0 radical (unpaired) electrons. The molecule has 70 valence electrons. The first-order valence-corrected chi connectivity index (χ1v) is 4.87. The number of carboxylic acid groups (broad SMARTS) is 1. The second-order valence-corrected chi connectivity index (χ2v) is 4.00. The zero-order valence-electron chi connectivity index (χ0n) is 6.92. The van der Waals surface area contributed by atoms with Crippen LogP contribution in [-0.2, 0) is 4.79 Å². The van der Waals surface area contributed by atoms with Crippen LogP contribution in [0.5, 0.6) is 0 Å². The van der Waals surface area contributed by atoms with Crippen LogP contribution in [0.4, 0.5) is 0 Å². The number of carboxylic acids is 1. The maximum atomic E-state index is 10.6. The molecule has 1 atom stereocenters. The Bertz CT molecular complexity index is 338. The van der Waals surface area contributed by atoms with Gasteiger partial charge in [0.05, 0.1) is 10.9 Å². The van der Waals surface area contributed by atoms with Crippen LogP contribution in [0, 0.1) is 0 Å². The fraction of sp³-hybridized carbons (Fsp3) is 0.222. The van der Waals surface area contributed by atoms with Crippen LogP contribution in [0.15, 0.2) is 22.7 Å². The number of carbonyl (C=O) groups is 1. The average Bonchev–Trinajstić information content (AvgIpc) is 2.08. The molecule has 0 bridgehead atoms. The molecular formula is C9H8BrClO2. The van der Waals surface area contributed by atoms with E-state index in [1.165, 1.54) is 0 Å². The predicted molar refractivity (Wildman–Crippen MR) is 55.2 cm³/mol. The van der Waals surface area contributed by atoms with Crippen LogP contribution in [0.2, 0.25) is 5.02 Å². The van der Waals surface area contributed by atoms with E-state index in [1.807, 2.05) is 0 Å². The predicted octanol–water partition coefficient (Wildman–Crippen LogP) is 3.29. The maximum absolute atomic E-state index is 10.6. The SMILES string of the molecule is CC(C(=O)O)c1ccc(Cl)c(Br)c1. The van der Waals surface area contributed by atoms with Crippen LogP contribution < -0.4 is 0 Å². The van der Waals surface area contributed by atoms with E-state index < -0.39 is 11.9 Å². The van der Waals surface area contributed by atoms with Crippen molar-refractivity contribution in [2.75, 3.05) is 0 Å². The first kappa shape index (κ1) is 10.5. The normalized spacial score (nSPS) is 12.5. The van der Waals surface area contributed by atoms with Gasteiger partial charge in [0, 0.05) is 4.47 Å². The minimum atomic E-state index is -0.839. The van der Waals surface area contributed by atoms with Crippen molar-refractivity contribution in [3.8, 4) is 0 Å². The smallest absolute Gasteiger partial charge is 0.310 e. The van der Waals surface area contributed by atoms with E-state index in [2.05, 4.69) is 15.9 Å². The van der Waals surface area contributed by atoms with Gasteiger partial charge in [-0.15, -0.1) is 0 Å². The van der Waals surface area contributed by atoms with Gasteiger partial charge in [0.15, 0.2) is 0 Å². The van der Waals surface area contributed by atoms with E-state index in [1.54, 1.807) is 25.1 Å². The first-order valence-electron chi connectivity index (χ1n) is 3.70. The van der Waals surface area contributed by atoms with Gasteiger partial charge < -0.3 is 5.11 Å². The Balaban J connectivity index is 3.03. The fourth-order valence-electron chi connectivity index (χ4n) is 0.924. The molecule has 0 spiro atoms. The van der Waals surface area contributed by atoms with Crippen molar-refractivity contribution in [2.24, 2.45) is 0 Å². The van der Waals surface area contributed by atoms with Crippen molar-refractivity contribution in [3.05, 3.63) is 33.3 Å². The van der Waals surface area contributed by atoms with Gasteiger partial charge in [-0.1, -0.05) is 17.7 Å². The highest BCUT2D eigenvalue weighted by Crippen LogP contribution is 2.26. The lowest BCUT2D eigenvalue weighted by molar-refractivity contribution is -0.138. The number of rotatable bonds is 2. The number of halogens is 2. The maximum Gasteiger partial charge on any atom is 0.310 e. The molecule has 0 fully saturated rings. The highest BCUT2D eigenvalue weighted by atomic mass is 79.9. The lowest BCUT2D eigenvalue weighted by Crippen LogP contribution is -2.07. The summed E-state index contributed by atoms with van der Waals surface area (Å²) in [6.45, 7) is 1.64. The Morgan fingerprint density at radius 3 is 2.69 bits per heavy atom. The highest BCUT2D eigenvalue weighted by Gasteiger charge is 2.14. The minimum absolute atomic E-state index is 0.506. The van der Waals surface area contributed by atoms with Crippen molar-refractivity contribution < 1.29 is 9.90 Å². The molecule has 1 aromatic carbocycles. The van der Waals surface area contributed by atoms with Crippen LogP contribution >= 0.6 is 27.5 Å². The molecular weight excluding hydrogens is 255 g/mol. The first-order chi connectivity index (χ1) is 6.02. The summed E-state index contributed by atoms with van der Waals surface area (Å²) in [5.41, 5.74) is 0.740. The van der Waals surface area contributed by atoms with Gasteiger partial charge in [-0.05, 0) is 40.5 Å². The molecule has 0 aliphatic rings. The van der Waals surface area contributed by atoms with Gasteiger partial charge >= 0.3 is 5.97 Å². The Morgan fingerprint density at radius 2 is 2.23 bits per heavy atom. The van der Waals surface area contributed by atoms with Gasteiger partial charge in [-0.25, -0.2) is 0 Å². The van der Waals surface area contributed by atoms with E-state index in [-0.39, 0.29) is 0 Å². The Kier molecular flexibility index (Phi) is 3.33. The molecule has 0 aliphatic heterocycles. The summed E-state index contributed by atoms with van der Waals surface area (Å²) in [4.78, 5) is 10.6. The lowest BCUT2D eigenvalue weighted by atomic mass is 10.0. The van der Waals surface area contributed by atoms with Crippen molar-refractivity contribution >= 4 is 33.5 Å². The Labute approximate surface area is 89.7 Å². The molecule has 1 aromatic rings. The summed E-state index contributed by atoms with van der Waals surface area (Å²) >= 11 is 9.01. The van der Waals surface area contributed by atoms with E-state index in [4.69, 9.17) is 16.7 Å². The van der Waals surface area contributed by atoms with Crippen LogP contribution in [0.3, 0.4) is 0 Å². The molecule has 0 amide bonds. The van der Waals surface area contributed by atoms with Gasteiger partial charge in [0.1, 0.15) is 0 Å². The number of benzene rings is 1. The molecule has 0 saturated carbocycles. The van der Waals surface area contributed by atoms with Crippen molar-refractivity contribution in [2.45, 2.75) is 12.8 Å². The molecule has 2 nitrogen and oxygen atoms in total. The zero-order valence-corrected chi connectivity index (χ0v) is 9.26. The van der Waals surface area contributed by atoms with Crippen LogP contribution in [0.25, 0.3) is 0 Å². The minimum Gasteiger partial charge on any atom is -0.481 e. The molecule has 0 saturated heterocycles. The van der Waals surface area contributed by atoms with E-state index in [0.29, 0.717) is 5.02 Å². The fourth-order valence-corrected chi connectivity index (χ4v) is 1.44. The number of hydrogen-bond donors (Lipinski definition) is 1. The second kappa shape index (κ2) is 4.11. The van der Waals surface area contributed by atoms with Gasteiger partial charge in [0.25, 0.3) is 0 Å². The van der Waals surface area contributed by atoms with Crippen molar-refractivity contribution in [1.82, 2.24) is 0 Å². The highest BCUT2D eigenvalue weighted by molar-refractivity contribution is 9.10. The summed E-state index contributed by atoms with van der Waals surface area (Å²) in [5.74, 6) is -1.34. The second-order valence-electron chi connectivity index (χ2n) is 2.73. The Hall–Kier alpha value is -0.540. The lowest BCUT2D eigenvalue weighted by Gasteiger charge is -2.07. The summed E-state index contributed by atoms with van der Waals surface area (Å²) < 4.78 is 0.722. The Morgan fingerprint density at radius 1 is 1.62 bits per heavy atom. The van der Waals surface area contributed by atoms with E-state index >= 15 is 0 Å². The molecule has 0 aliphatic carbocycles. The summed E-state index contributed by atoms with van der Waals surface area (Å²) in [5, 5.41) is 9.33. The van der Waals surface area contributed by atoms with Gasteiger partial charge in [-0.3, -0.25) is 4.79 Å². The molecule has 0 heterocycles. The van der Waals surface area contributed by atoms with Crippen LogP contribution in [-0.4, -0.2) is 11.1 Å². The molecule has 0 aromatic heterocycles. The van der Waals surface area contributed by atoms with Gasteiger partial charge in [0.2, 0.25) is 0 Å². The third-order valence-corrected chi connectivity index (χ3v) is 3.03.